The third-order valence-electron chi connectivity index (χ3n) is 2.51. The Labute approximate surface area is 109 Å². The quantitative estimate of drug-likeness (QED) is 0.330. The van der Waals surface area contributed by atoms with E-state index in [-0.39, 0.29) is 17.7 Å². The van der Waals surface area contributed by atoms with Gasteiger partial charge in [0, 0.05) is 25.2 Å². The lowest BCUT2D eigenvalue weighted by atomic mass is 10.1. The summed E-state index contributed by atoms with van der Waals surface area (Å²) in [5, 5.41) is 10.9. The highest BCUT2D eigenvalue weighted by atomic mass is 16.6. The van der Waals surface area contributed by atoms with Gasteiger partial charge in [-0.1, -0.05) is 6.07 Å². The molecule has 102 valence electrons. The van der Waals surface area contributed by atoms with E-state index in [1.807, 2.05) is 0 Å². The van der Waals surface area contributed by atoms with Gasteiger partial charge in [0.2, 0.25) is 6.41 Å². The summed E-state index contributed by atoms with van der Waals surface area (Å²) in [7, 11) is 2.81. The van der Waals surface area contributed by atoms with Crippen molar-refractivity contribution in [2.75, 3.05) is 14.2 Å². The van der Waals surface area contributed by atoms with Crippen molar-refractivity contribution in [2.45, 2.75) is 13.0 Å². The van der Waals surface area contributed by atoms with Crippen molar-refractivity contribution in [3.8, 4) is 0 Å². The van der Waals surface area contributed by atoms with Gasteiger partial charge in [-0.2, -0.15) is 0 Å². The number of benzene rings is 1. The van der Waals surface area contributed by atoms with Crippen molar-refractivity contribution in [2.24, 2.45) is 0 Å². The molecule has 0 heterocycles. The number of carbonyl (C=O) groups excluding carboxylic acids is 2. The van der Waals surface area contributed by atoms with Crippen molar-refractivity contribution in [1.82, 2.24) is 4.90 Å². The predicted octanol–water partition coefficient (Wildman–Crippen LogP) is 0.898. The van der Waals surface area contributed by atoms with E-state index in [0.29, 0.717) is 18.5 Å². The second-order valence-corrected chi connectivity index (χ2v) is 3.99. The Bertz CT molecular complexity index is 501. The maximum Gasteiger partial charge on any atom is 0.310 e. The van der Waals surface area contributed by atoms with E-state index in [1.165, 1.54) is 24.1 Å². The molecule has 1 aromatic rings. The number of hydrogen-bond acceptors (Lipinski definition) is 5. The van der Waals surface area contributed by atoms with Gasteiger partial charge >= 0.3 is 5.97 Å². The monoisotopic (exact) mass is 266 g/mol. The topological polar surface area (TPSA) is 89.8 Å². The number of rotatable bonds is 6. The second-order valence-electron chi connectivity index (χ2n) is 3.99. The Hall–Kier alpha value is -2.44. The third-order valence-corrected chi connectivity index (χ3v) is 2.51. The minimum atomic E-state index is -0.552. The summed E-state index contributed by atoms with van der Waals surface area (Å²) >= 11 is 0. The zero-order valence-corrected chi connectivity index (χ0v) is 10.7. The first kappa shape index (κ1) is 14.6. The van der Waals surface area contributed by atoms with Crippen LogP contribution in [0, 0.1) is 10.1 Å². The van der Waals surface area contributed by atoms with Crippen molar-refractivity contribution in [1.29, 1.82) is 0 Å². The van der Waals surface area contributed by atoms with Crippen molar-refractivity contribution in [3.63, 3.8) is 0 Å². The number of ether oxygens (including phenoxy) is 1. The van der Waals surface area contributed by atoms with E-state index < -0.39 is 10.9 Å². The Morgan fingerprint density at radius 1 is 1.53 bits per heavy atom. The Morgan fingerprint density at radius 3 is 2.74 bits per heavy atom. The molecule has 0 fully saturated rings. The lowest BCUT2D eigenvalue weighted by Gasteiger charge is -2.11. The van der Waals surface area contributed by atoms with Crippen LogP contribution in [0.1, 0.15) is 11.1 Å². The largest absolute Gasteiger partial charge is 0.469 e. The minimum absolute atomic E-state index is 0.136. The van der Waals surface area contributed by atoms with Crippen LogP contribution >= 0.6 is 0 Å². The molecule has 0 saturated carbocycles. The predicted molar refractivity (Wildman–Crippen MR) is 66.3 cm³/mol. The first-order chi connectivity index (χ1) is 8.97. The number of nitro groups is 1. The van der Waals surface area contributed by atoms with Gasteiger partial charge in [-0.05, 0) is 11.6 Å². The van der Waals surface area contributed by atoms with Gasteiger partial charge < -0.3 is 9.64 Å². The Kier molecular flexibility index (Phi) is 4.99. The first-order valence-corrected chi connectivity index (χ1v) is 5.46. The molecule has 19 heavy (non-hydrogen) atoms. The normalized spacial score (nSPS) is 9.79. The molecular formula is C12H14N2O5. The van der Waals surface area contributed by atoms with E-state index >= 15 is 0 Å². The van der Waals surface area contributed by atoms with Crippen LogP contribution < -0.4 is 0 Å². The van der Waals surface area contributed by atoms with Crippen molar-refractivity contribution >= 4 is 18.1 Å². The maximum atomic E-state index is 11.2. The number of nitrogens with zero attached hydrogens (tertiary/aromatic N) is 2. The van der Waals surface area contributed by atoms with Crippen LogP contribution in [0.3, 0.4) is 0 Å². The highest BCUT2D eigenvalue weighted by molar-refractivity contribution is 5.74. The molecule has 0 unspecified atom stereocenters. The minimum Gasteiger partial charge on any atom is -0.469 e. The molecule has 0 aliphatic carbocycles. The molecule has 1 aromatic carbocycles. The van der Waals surface area contributed by atoms with E-state index in [4.69, 9.17) is 0 Å². The van der Waals surface area contributed by atoms with Crippen LogP contribution in [-0.2, 0) is 27.3 Å². The lowest BCUT2D eigenvalue weighted by molar-refractivity contribution is -0.385. The molecule has 0 N–H and O–H groups in total. The van der Waals surface area contributed by atoms with Crippen molar-refractivity contribution in [3.05, 3.63) is 39.4 Å². The SMILES string of the molecule is COC(=O)Cc1cc(CN(C)C=O)ccc1[N+](=O)[O-]. The van der Waals surface area contributed by atoms with Gasteiger partial charge in [0.15, 0.2) is 0 Å². The van der Waals surface area contributed by atoms with Gasteiger partial charge in [0.25, 0.3) is 5.69 Å². The van der Waals surface area contributed by atoms with Gasteiger partial charge in [-0.3, -0.25) is 19.7 Å². The summed E-state index contributed by atoms with van der Waals surface area (Å²) in [5.74, 6) is -0.552. The van der Waals surface area contributed by atoms with Crippen LogP contribution in [-0.4, -0.2) is 36.4 Å². The number of methoxy groups -OCH3 is 1. The summed E-state index contributed by atoms with van der Waals surface area (Å²) in [6, 6.07) is 4.42. The van der Waals surface area contributed by atoms with E-state index in [9.17, 15) is 19.7 Å². The molecule has 7 nitrogen and oxygen atoms in total. The van der Waals surface area contributed by atoms with Crippen LogP contribution in [0.25, 0.3) is 0 Å². The molecule has 0 radical (unpaired) electrons. The number of amides is 1. The van der Waals surface area contributed by atoms with Crippen LogP contribution in [0.4, 0.5) is 5.69 Å². The Balaban J connectivity index is 3.06. The molecule has 0 aromatic heterocycles. The van der Waals surface area contributed by atoms with Crippen LogP contribution in [0.5, 0.6) is 0 Å². The Morgan fingerprint density at radius 2 is 2.21 bits per heavy atom. The number of nitro benzene ring substituents is 1. The van der Waals surface area contributed by atoms with Gasteiger partial charge in [0.1, 0.15) is 0 Å². The number of esters is 1. The van der Waals surface area contributed by atoms with Gasteiger partial charge in [-0.15, -0.1) is 0 Å². The highest BCUT2D eigenvalue weighted by Gasteiger charge is 2.17. The summed E-state index contributed by atoms with van der Waals surface area (Å²) in [6.07, 6.45) is 0.479. The summed E-state index contributed by atoms with van der Waals surface area (Å²) in [6.45, 7) is 0.315. The van der Waals surface area contributed by atoms with Gasteiger partial charge in [0.05, 0.1) is 18.5 Å². The number of hydrogen-bond donors (Lipinski definition) is 0. The fraction of sp³-hybridized carbons (Fsp3) is 0.333. The second kappa shape index (κ2) is 6.48. The van der Waals surface area contributed by atoms with E-state index in [1.54, 1.807) is 13.1 Å². The van der Waals surface area contributed by atoms with Crippen molar-refractivity contribution < 1.29 is 19.2 Å². The maximum absolute atomic E-state index is 11.2. The van der Waals surface area contributed by atoms with Gasteiger partial charge in [-0.25, -0.2) is 0 Å². The molecule has 7 heteroatoms. The third kappa shape index (κ3) is 4.06. The highest BCUT2D eigenvalue weighted by Crippen LogP contribution is 2.21. The number of carbonyl (C=O) groups is 2. The average Bonchev–Trinajstić information content (AvgIpc) is 2.38. The van der Waals surface area contributed by atoms with E-state index in [2.05, 4.69) is 4.74 Å². The molecule has 0 atom stereocenters. The summed E-state index contributed by atoms with van der Waals surface area (Å²) < 4.78 is 4.50. The molecular weight excluding hydrogens is 252 g/mol. The zero-order valence-electron chi connectivity index (χ0n) is 10.7. The molecule has 0 saturated heterocycles. The smallest absolute Gasteiger partial charge is 0.310 e. The van der Waals surface area contributed by atoms with Crippen LogP contribution in [0.2, 0.25) is 0 Å². The fourth-order valence-electron chi connectivity index (χ4n) is 1.61. The molecule has 1 amide bonds. The van der Waals surface area contributed by atoms with E-state index in [0.717, 1.165) is 0 Å². The fourth-order valence-corrected chi connectivity index (χ4v) is 1.61. The standard InChI is InChI=1S/C12H14N2O5/c1-13(8-15)7-9-3-4-11(14(17)18)10(5-9)6-12(16)19-2/h3-5,8H,6-7H2,1-2H3. The summed E-state index contributed by atoms with van der Waals surface area (Å²) in [5.41, 5.74) is 0.843. The lowest BCUT2D eigenvalue weighted by Crippen LogP contribution is -2.15. The zero-order chi connectivity index (χ0) is 14.4. The average molecular weight is 266 g/mol. The van der Waals surface area contributed by atoms with Crippen LogP contribution in [0.15, 0.2) is 18.2 Å². The summed E-state index contributed by atoms with van der Waals surface area (Å²) in [4.78, 5) is 33.5. The molecule has 0 bridgehead atoms. The molecule has 1 rings (SSSR count). The molecule has 0 aliphatic rings. The first-order valence-electron chi connectivity index (χ1n) is 5.46. The molecule has 0 spiro atoms. The molecule has 0 aliphatic heterocycles.